The largest absolute Gasteiger partial charge is 0.506 e. The number of carbonyl (C=O) groups excluding carboxylic acids is 2. The van der Waals surface area contributed by atoms with Crippen LogP contribution in [0.5, 0.6) is 17.2 Å². The SMILES string of the molecule is Nc1cc2c(cc1O)C(=O)CC21CC(=O)c2cc(O)c(O)cc21. The Balaban J connectivity index is 2.04. The summed E-state index contributed by atoms with van der Waals surface area (Å²) in [5.74, 6) is -1.28. The Labute approximate surface area is 130 Å². The lowest BCUT2D eigenvalue weighted by Crippen LogP contribution is -2.22. The van der Waals surface area contributed by atoms with Crippen LogP contribution in [0.4, 0.5) is 5.69 Å². The standard InChI is InChI=1S/C17H13NO5/c18-11-3-9-7(1-12(11)19)15(22)5-17(9)6-16(23)8-2-13(20)14(21)4-10(8)17/h1-4,19-21H,5-6,18H2. The van der Waals surface area contributed by atoms with E-state index in [2.05, 4.69) is 0 Å². The molecule has 0 heterocycles. The molecule has 0 aliphatic heterocycles. The van der Waals surface area contributed by atoms with Crippen molar-refractivity contribution in [3.8, 4) is 17.2 Å². The molecule has 0 radical (unpaired) electrons. The van der Waals surface area contributed by atoms with E-state index >= 15 is 0 Å². The predicted molar refractivity (Wildman–Crippen MR) is 81.0 cm³/mol. The Morgan fingerprint density at radius 2 is 1.26 bits per heavy atom. The molecule has 2 aliphatic carbocycles. The monoisotopic (exact) mass is 311 g/mol. The number of fused-ring (bicyclic) bond motifs is 4. The lowest BCUT2D eigenvalue weighted by Gasteiger charge is -2.25. The van der Waals surface area contributed by atoms with Gasteiger partial charge < -0.3 is 21.1 Å². The summed E-state index contributed by atoms with van der Waals surface area (Å²) in [7, 11) is 0. The van der Waals surface area contributed by atoms with Crippen LogP contribution in [0.2, 0.25) is 0 Å². The maximum atomic E-state index is 12.4. The first-order chi connectivity index (χ1) is 10.8. The molecule has 0 amide bonds. The van der Waals surface area contributed by atoms with Crippen molar-refractivity contribution in [2.45, 2.75) is 18.3 Å². The van der Waals surface area contributed by atoms with Gasteiger partial charge in [-0.15, -0.1) is 0 Å². The lowest BCUT2D eigenvalue weighted by atomic mass is 9.76. The number of aromatic hydroxyl groups is 3. The number of Topliss-reactive ketones (excluding diaryl/α,β-unsaturated/α-hetero) is 2. The third kappa shape index (κ3) is 1.57. The van der Waals surface area contributed by atoms with Crippen LogP contribution >= 0.6 is 0 Å². The van der Waals surface area contributed by atoms with E-state index < -0.39 is 5.41 Å². The Hall–Kier alpha value is -3.02. The Kier molecular flexibility index (Phi) is 2.39. The van der Waals surface area contributed by atoms with E-state index in [1.54, 1.807) is 0 Å². The van der Waals surface area contributed by atoms with Gasteiger partial charge in [-0.2, -0.15) is 0 Å². The fourth-order valence-electron chi connectivity index (χ4n) is 3.76. The highest BCUT2D eigenvalue weighted by Crippen LogP contribution is 2.54. The van der Waals surface area contributed by atoms with Gasteiger partial charge in [-0.1, -0.05) is 0 Å². The van der Waals surface area contributed by atoms with Crippen LogP contribution in [0.15, 0.2) is 24.3 Å². The number of nitrogen functional groups attached to an aromatic ring is 1. The minimum Gasteiger partial charge on any atom is -0.506 e. The van der Waals surface area contributed by atoms with Gasteiger partial charge in [-0.25, -0.2) is 0 Å². The van der Waals surface area contributed by atoms with Crippen molar-refractivity contribution < 1.29 is 24.9 Å². The van der Waals surface area contributed by atoms with Crippen LogP contribution in [0.3, 0.4) is 0 Å². The van der Waals surface area contributed by atoms with Gasteiger partial charge in [0.25, 0.3) is 0 Å². The second kappa shape index (κ2) is 4.04. The Morgan fingerprint density at radius 3 is 1.87 bits per heavy atom. The molecular weight excluding hydrogens is 298 g/mol. The molecule has 6 heteroatoms. The van der Waals surface area contributed by atoms with Gasteiger partial charge >= 0.3 is 0 Å². The first kappa shape index (κ1) is 13.6. The maximum absolute atomic E-state index is 12.4. The number of phenolic OH excluding ortho intramolecular Hbond substituents is 3. The number of hydrogen-bond acceptors (Lipinski definition) is 6. The van der Waals surface area contributed by atoms with Gasteiger partial charge in [0.2, 0.25) is 0 Å². The van der Waals surface area contributed by atoms with Crippen LogP contribution in [0.25, 0.3) is 0 Å². The number of anilines is 1. The van der Waals surface area contributed by atoms with Gasteiger partial charge in [0, 0.05) is 29.4 Å². The molecule has 23 heavy (non-hydrogen) atoms. The molecule has 1 atom stereocenters. The molecule has 0 aromatic heterocycles. The summed E-state index contributed by atoms with van der Waals surface area (Å²) in [6, 6.07) is 5.40. The zero-order valence-electron chi connectivity index (χ0n) is 12.0. The third-order valence-corrected chi connectivity index (χ3v) is 4.84. The molecule has 1 spiro atoms. The van der Waals surface area contributed by atoms with Gasteiger partial charge in [0.1, 0.15) is 5.75 Å². The van der Waals surface area contributed by atoms with E-state index in [-0.39, 0.29) is 47.3 Å². The zero-order valence-corrected chi connectivity index (χ0v) is 12.0. The Morgan fingerprint density at radius 1 is 0.783 bits per heavy atom. The topological polar surface area (TPSA) is 121 Å². The van der Waals surface area contributed by atoms with Gasteiger partial charge in [-0.05, 0) is 35.4 Å². The van der Waals surface area contributed by atoms with Crippen LogP contribution in [0.1, 0.15) is 44.7 Å². The summed E-state index contributed by atoms with van der Waals surface area (Å²) >= 11 is 0. The van der Waals surface area contributed by atoms with Crippen molar-refractivity contribution in [3.05, 3.63) is 46.5 Å². The highest BCUT2D eigenvalue weighted by Gasteiger charge is 2.52. The van der Waals surface area contributed by atoms with Crippen molar-refractivity contribution in [1.82, 2.24) is 0 Å². The van der Waals surface area contributed by atoms with Gasteiger partial charge in [0.15, 0.2) is 23.1 Å². The number of hydrogen-bond donors (Lipinski definition) is 4. The van der Waals surface area contributed by atoms with Crippen molar-refractivity contribution in [2.75, 3.05) is 5.73 Å². The van der Waals surface area contributed by atoms with Crippen molar-refractivity contribution in [1.29, 1.82) is 0 Å². The van der Waals surface area contributed by atoms with Crippen LogP contribution < -0.4 is 5.73 Å². The molecule has 6 nitrogen and oxygen atoms in total. The molecule has 4 rings (SSSR count). The van der Waals surface area contributed by atoms with Crippen LogP contribution in [-0.2, 0) is 5.41 Å². The maximum Gasteiger partial charge on any atom is 0.164 e. The summed E-state index contributed by atoms with van der Waals surface area (Å²) in [5.41, 5.74) is 6.72. The smallest absolute Gasteiger partial charge is 0.164 e. The third-order valence-electron chi connectivity index (χ3n) is 4.84. The van der Waals surface area contributed by atoms with Gasteiger partial charge in [-0.3, -0.25) is 9.59 Å². The summed E-state index contributed by atoms with van der Waals surface area (Å²) in [6.07, 6.45) is 0.127. The highest BCUT2D eigenvalue weighted by atomic mass is 16.3. The fourth-order valence-corrected chi connectivity index (χ4v) is 3.76. The molecule has 0 fully saturated rings. The summed E-state index contributed by atoms with van der Waals surface area (Å²) in [4.78, 5) is 24.8. The summed E-state index contributed by atoms with van der Waals surface area (Å²) in [5, 5.41) is 29.2. The first-order valence-electron chi connectivity index (χ1n) is 7.09. The van der Waals surface area contributed by atoms with E-state index in [1.165, 1.54) is 24.3 Å². The normalized spacial score (nSPS) is 21.7. The molecule has 0 saturated carbocycles. The van der Waals surface area contributed by atoms with Gasteiger partial charge in [0.05, 0.1) is 5.69 Å². The fraction of sp³-hybridized carbons (Fsp3) is 0.176. The molecule has 2 aliphatic rings. The molecule has 2 aromatic carbocycles. The van der Waals surface area contributed by atoms with Crippen molar-refractivity contribution >= 4 is 17.3 Å². The van der Waals surface area contributed by atoms with Crippen LogP contribution in [-0.4, -0.2) is 26.9 Å². The Bertz CT molecular complexity index is 840. The zero-order chi connectivity index (χ0) is 16.5. The van der Waals surface area contributed by atoms with E-state index in [4.69, 9.17) is 5.73 Å². The molecule has 0 bridgehead atoms. The second-order valence-electron chi connectivity index (χ2n) is 6.13. The highest BCUT2D eigenvalue weighted by molar-refractivity contribution is 6.10. The summed E-state index contributed by atoms with van der Waals surface area (Å²) < 4.78 is 0. The first-order valence-corrected chi connectivity index (χ1v) is 7.09. The molecule has 1 unspecified atom stereocenters. The number of carbonyl (C=O) groups is 2. The lowest BCUT2D eigenvalue weighted by molar-refractivity contribution is 0.0957. The number of benzene rings is 2. The second-order valence-corrected chi connectivity index (χ2v) is 6.13. The number of phenols is 3. The van der Waals surface area contributed by atoms with E-state index in [0.717, 1.165) is 0 Å². The molecule has 5 N–H and O–H groups in total. The molecule has 116 valence electrons. The molecule has 0 saturated heterocycles. The average molecular weight is 311 g/mol. The minimum atomic E-state index is -0.897. The number of ketones is 2. The summed E-state index contributed by atoms with van der Waals surface area (Å²) in [6.45, 7) is 0. The van der Waals surface area contributed by atoms with Crippen molar-refractivity contribution in [2.24, 2.45) is 0 Å². The average Bonchev–Trinajstić information content (AvgIpc) is 2.89. The predicted octanol–water partition coefficient (Wildman–Crippen LogP) is 1.84. The number of rotatable bonds is 0. The van der Waals surface area contributed by atoms with E-state index in [9.17, 15) is 24.9 Å². The molecular formula is C17H13NO5. The minimum absolute atomic E-state index is 0.0637. The van der Waals surface area contributed by atoms with E-state index in [1.807, 2.05) is 0 Å². The van der Waals surface area contributed by atoms with Crippen LogP contribution in [0, 0.1) is 0 Å². The number of nitrogens with two attached hydrogens (primary N) is 1. The van der Waals surface area contributed by atoms with E-state index in [0.29, 0.717) is 22.3 Å². The molecule has 2 aromatic rings. The van der Waals surface area contributed by atoms with Crippen molar-refractivity contribution in [3.63, 3.8) is 0 Å². The quantitative estimate of drug-likeness (QED) is 0.435.